The lowest BCUT2D eigenvalue weighted by Gasteiger charge is -2.12. The third kappa shape index (κ3) is 1.97. The van der Waals surface area contributed by atoms with E-state index < -0.39 is 0 Å². The maximum Gasteiger partial charge on any atom is 0.213 e. The quantitative estimate of drug-likeness (QED) is 0.618. The lowest BCUT2D eigenvalue weighted by atomic mass is 10.1. The Morgan fingerprint density at radius 1 is 1.56 bits per heavy atom. The zero-order valence-corrected chi connectivity index (χ0v) is 11.7. The van der Waals surface area contributed by atoms with Crippen molar-refractivity contribution < 1.29 is 4.79 Å². The zero-order valence-electron chi connectivity index (χ0n) is 8.54. The SMILES string of the molecule is CN(C=O)c1cc(Cl)cc2c(CBr)csc12. The molecule has 0 aliphatic rings. The molecule has 0 atom stereocenters. The second-order valence-electron chi connectivity index (χ2n) is 3.41. The summed E-state index contributed by atoms with van der Waals surface area (Å²) in [4.78, 5) is 12.4. The number of hydrogen-bond acceptors (Lipinski definition) is 2. The van der Waals surface area contributed by atoms with Crippen LogP contribution in [-0.4, -0.2) is 13.5 Å². The third-order valence-corrected chi connectivity index (χ3v) is 4.27. The summed E-state index contributed by atoms with van der Waals surface area (Å²) in [6.45, 7) is 0. The molecule has 0 N–H and O–H groups in total. The highest BCUT2D eigenvalue weighted by molar-refractivity contribution is 9.08. The van der Waals surface area contributed by atoms with E-state index in [0.29, 0.717) is 5.02 Å². The standard InChI is InChI=1S/C11H9BrClNOS/c1-14(6-15)10-3-8(13)2-9-7(4-12)5-16-11(9)10/h2-3,5-6H,4H2,1H3. The summed E-state index contributed by atoms with van der Waals surface area (Å²) in [7, 11) is 1.73. The van der Waals surface area contributed by atoms with E-state index in [0.717, 1.165) is 27.5 Å². The normalized spacial score (nSPS) is 10.7. The molecule has 0 saturated carbocycles. The number of alkyl halides is 1. The molecule has 1 amide bonds. The summed E-state index contributed by atoms with van der Waals surface area (Å²) in [6, 6.07) is 3.75. The number of hydrogen-bond donors (Lipinski definition) is 0. The van der Waals surface area contributed by atoms with Crippen molar-refractivity contribution in [2.75, 3.05) is 11.9 Å². The number of thiophene rings is 1. The van der Waals surface area contributed by atoms with Crippen LogP contribution in [0, 0.1) is 0 Å². The average molecular weight is 319 g/mol. The van der Waals surface area contributed by atoms with Crippen LogP contribution in [0.4, 0.5) is 5.69 Å². The Kier molecular flexibility index (Phi) is 3.52. The van der Waals surface area contributed by atoms with Crippen LogP contribution in [0.1, 0.15) is 5.56 Å². The van der Waals surface area contributed by atoms with Gasteiger partial charge in [0.15, 0.2) is 0 Å². The van der Waals surface area contributed by atoms with Gasteiger partial charge in [0.05, 0.1) is 10.4 Å². The van der Waals surface area contributed by atoms with Crippen molar-refractivity contribution in [1.82, 2.24) is 0 Å². The van der Waals surface area contributed by atoms with E-state index in [1.807, 2.05) is 12.1 Å². The number of carbonyl (C=O) groups excluding carboxylic acids is 1. The largest absolute Gasteiger partial charge is 0.317 e. The topological polar surface area (TPSA) is 20.3 Å². The lowest BCUT2D eigenvalue weighted by molar-refractivity contribution is -0.107. The fourth-order valence-corrected chi connectivity index (χ4v) is 3.56. The van der Waals surface area contributed by atoms with Gasteiger partial charge in [-0.15, -0.1) is 11.3 Å². The van der Waals surface area contributed by atoms with Gasteiger partial charge in [-0.2, -0.15) is 0 Å². The summed E-state index contributed by atoms with van der Waals surface area (Å²) in [5.41, 5.74) is 2.05. The van der Waals surface area contributed by atoms with Crippen molar-refractivity contribution >= 4 is 61.1 Å². The number of anilines is 1. The molecular weight excluding hydrogens is 310 g/mol. The molecule has 0 aliphatic heterocycles. The van der Waals surface area contributed by atoms with E-state index in [1.54, 1.807) is 23.3 Å². The molecule has 1 aromatic heterocycles. The molecule has 0 radical (unpaired) electrons. The second kappa shape index (κ2) is 4.73. The van der Waals surface area contributed by atoms with Crippen LogP contribution in [0.3, 0.4) is 0 Å². The number of amides is 1. The zero-order chi connectivity index (χ0) is 11.7. The van der Waals surface area contributed by atoms with Gasteiger partial charge in [-0.05, 0) is 23.1 Å². The molecule has 0 spiro atoms. The maximum atomic E-state index is 10.8. The van der Waals surface area contributed by atoms with Gasteiger partial charge in [-0.1, -0.05) is 27.5 Å². The summed E-state index contributed by atoms with van der Waals surface area (Å²) < 4.78 is 1.09. The first kappa shape index (κ1) is 11.9. The highest BCUT2D eigenvalue weighted by Gasteiger charge is 2.11. The Hall–Kier alpha value is -0.580. The number of fused-ring (bicyclic) bond motifs is 1. The van der Waals surface area contributed by atoms with Crippen LogP contribution in [0.15, 0.2) is 17.5 Å². The van der Waals surface area contributed by atoms with Crippen LogP contribution < -0.4 is 4.90 Å². The maximum absolute atomic E-state index is 10.8. The van der Waals surface area contributed by atoms with Crippen molar-refractivity contribution in [3.05, 3.63) is 28.1 Å². The molecule has 2 nitrogen and oxygen atoms in total. The number of rotatable bonds is 3. The van der Waals surface area contributed by atoms with Gasteiger partial charge < -0.3 is 4.90 Å². The van der Waals surface area contributed by atoms with E-state index >= 15 is 0 Å². The molecule has 0 bridgehead atoms. The van der Waals surface area contributed by atoms with Gasteiger partial charge in [-0.25, -0.2) is 0 Å². The molecule has 1 aromatic carbocycles. The van der Waals surface area contributed by atoms with Gasteiger partial charge in [0, 0.05) is 22.8 Å². The molecular formula is C11H9BrClNOS. The monoisotopic (exact) mass is 317 g/mol. The van der Waals surface area contributed by atoms with Gasteiger partial charge in [0.2, 0.25) is 6.41 Å². The Bertz CT molecular complexity index is 540. The minimum atomic E-state index is 0.650. The highest BCUT2D eigenvalue weighted by atomic mass is 79.9. The van der Waals surface area contributed by atoms with E-state index in [9.17, 15) is 4.79 Å². The van der Waals surface area contributed by atoms with Gasteiger partial charge in [0.1, 0.15) is 0 Å². The van der Waals surface area contributed by atoms with Crippen LogP contribution in [0.25, 0.3) is 10.1 Å². The van der Waals surface area contributed by atoms with Crippen molar-refractivity contribution in [3.8, 4) is 0 Å². The summed E-state index contributed by atoms with van der Waals surface area (Å²) >= 11 is 11.1. The summed E-state index contributed by atoms with van der Waals surface area (Å²) in [5, 5.41) is 4.63. The number of benzene rings is 1. The molecule has 0 aliphatic carbocycles. The molecule has 2 aromatic rings. The van der Waals surface area contributed by atoms with Crippen molar-refractivity contribution in [3.63, 3.8) is 0 Å². The Balaban J connectivity index is 2.73. The average Bonchev–Trinajstić information content (AvgIpc) is 2.69. The third-order valence-electron chi connectivity index (χ3n) is 2.38. The van der Waals surface area contributed by atoms with Gasteiger partial charge in [0.25, 0.3) is 0 Å². The Labute approximate surface area is 111 Å². The Morgan fingerprint density at radius 2 is 2.31 bits per heavy atom. The summed E-state index contributed by atoms with van der Waals surface area (Å²) in [5.74, 6) is 0. The van der Waals surface area contributed by atoms with Crippen molar-refractivity contribution in [1.29, 1.82) is 0 Å². The lowest BCUT2D eigenvalue weighted by Crippen LogP contribution is -2.13. The molecule has 5 heteroatoms. The number of halogens is 2. The fourth-order valence-electron chi connectivity index (χ4n) is 1.56. The molecule has 0 saturated heterocycles. The van der Waals surface area contributed by atoms with Gasteiger partial charge >= 0.3 is 0 Å². The molecule has 16 heavy (non-hydrogen) atoms. The number of carbonyl (C=O) groups is 1. The van der Waals surface area contributed by atoms with Crippen LogP contribution in [0.5, 0.6) is 0 Å². The molecule has 0 unspecified atom stereocenters. The van der Waals surface area contributed by atoms with E-state index in [4.69, 9.17) is 11.6 Å². The van der Waals surface area contributed by atoms with Crippen molar-refractivity contribution in [2.45, 2.75) is 5.33 Å². The van der Waals surface area contributed by atoms with Crippen LogP contribution >= 0.6 is 38.9 Å². The van der Waals surface area contributed by atoms with Crippen LogP contribution in [-0.2, 0) is 10.1 Å². The first-order valence-electron chi connectivity index (χ1n) is 4.61. The number of nitrogens with zero attached hydrogens (tertiary/aromatic N) is 1. The summed E-state index contributed by atoms with van der Waals surface area (Å²) in [6.07, 6.45) is 0.790. The second-order valence-corrected chi connectivity index (χ2v) is 5.29. The van der Waals surface area contributed by atoms with E-state index in [1.165, 1.54) is 5.56 Å². The van der Waals surface area contributed by atoms with E-state index in [-0.39, 0.29) is 0 Å². The minimum absolute atomic E-state index is 0.650. The first-order chi connectivity index (χ1) is 7.67. The van der Waals surface area contributed by atoms with Gasteiger partial charge in [-0.3, -0.25) is 4.79 Å². The first-order valence-corrected chi connectivity index (χ1v) is 6.99. The fraction of sp³-hybridized carbons (Fsp3) is 0.182. The minimum Gasteiger partial charge on any atom is -0.317 e. The Morgan fingerprint density at radius 3 is 2.94 bits per heavy atom. The van der Waals surface area contributed by atoms with Crippen molar-refractivity contribution in [2.24, 2.45) is 0 Å². The molecule has 84 valence electrons. The molecule has 2 rings (SSSR count). The van der Waals surface area contributed by atoms with E-state index in [2.05, 4.69) is 21.3 Å². The predicted octanol–water partition coefficient (Wildman–Crippen LogP) is 4.04. The smallest absolute Gasteiger partial charge is 0.213 e. The highest BCUT2D eigenvalue weighted by Crippen LogP contribution is 2.37. The molecule has 1 heterocycles. The van der Waals surface area contributed by atoms with Crippen LogP contribution in [0.2, 0.25) is 5.02 Å². The molecule has 0 fully saturated rings. The predicted molar refractivity (Wildman–Crippen MR) is 73.9 cm³/mol.